The van der Waals surface area contributed by atoms with Gasteiger partial charge in [0.1, 0.15) is 10.7 Å². The first-order valence-electron chi connectivity index (χ1n) is 12.0. The molecule has 4 aromatic rings. The van der Waals surface area contributed by atoms with Gasteiger partial charge >= 0.3 is 0 Å². The molecule has 0 bridgehead atoms. The second kappa shape index (κ2) is 12.2. The molecule has 2 aromatic carbocycles. The second-order valence-corrected chi connectivity index (χ2v) is 10.9. The van der Waals surface area contributed by atoms with Crippen LogP contribution < -0.4 is 5.32 Å². The molecular weight excluding hydrogens is 528 g/mol. The van der Waals surface area contributed by atoms with Gasteiger partial charge in [-0.25, -0.2) is 4.98 Å². The monoisotopic (exact) mass is 554 g/mol. The van der Waals surface area contributed by atoms with Gasteiger partial charge < -0.3 is 10.1 Å². The molecule has 8 nitrogen and oxygen atoms in total. The Morgan fingerprint density at radius 3 is 2.70 bits per heavy atom. The number of nitrogens with one attached hydrogen (secondary N) is 1. The van der Waals surface area contributed by atoms with Gasteiger partial charge in [0.25, 0.3) is 5.91 Å². The van der Waals surface area contributed by atoms with Crippen molar-refractivity contribution in [3.8, 4) is 17.1 Å². The Bertz CT molecular complexity index is 1350. The maximum Gasteiger partial charge on any atom is 0.270 e. The number of aromatic nitrogens is 4. The maximum atomic E-state index is 12.6. The van der Waals surface area contributed by atoms with Crippen LogP contribution in [0.25, 0.3) is 17.1 Å². The minimum atomic E-state index is -0.149. The number of aryl methyl sites for hydroxylation is 1. The Hall–Kier alpha value is -2.76. The molecule has 0 aliphatic carbocycles. The summed E-state index contributed by atoms with van der Waals surface area (Å²) in [6.07, 6.45) is 0. The molecule has 1 N–H and O–H groups in total. The average molecular weight is 555 g/mol. The number of carbonyl (C=O) groups excluding carboxylic acids is 1. The number of benzene rings is 2. The zero-order valence-electron chi connectivity index (χ0n) is 20.4. The van der Waals surface area contributed by atoms with E-state index in [4.69, 9.17) is 16.3 Å². The summed E-state index contributed by atoms with van der Waals surface area (Å²) in [6, 6.07) is 15.8. The SMILES string of the molecule is Cc1ccc(-n2c(SCc3nc(C(=O)NCCN4CCOCC4)cs3)nnc2-c2ccccc2Cl)cc1. The van der Waals surface area contributed by atoms with Crippen LogP contribution in [0.3, 0.4) is 0 Å². The molecule has 0 atom stereocenters. The smallest absolute Gasteiger partial charge is 0.270 e. The molecule has 11 heteroatoms. The van der Waals surface area contributed by atoms with Gasteiger partial charge in [0, 0.05) is 42.8 Å². The fourth-order valence-electron chi connectivity index (χ4n) is 3.96. The largest absolute Gasteiger partial charge is 0.379 e. The number of thioether (sulfide) groups is 1. The Kier molecular flexibility index (Phi) is 8.52. The Morgan fingerprint density at radius 1 is 1.14 bits per heavy atom. The maximum absolute atomic E-state index is 12.6. The van der Waals surface area contributed by atoms with E-state index in [2.05, 4.69) is 44.5 Å². The highest BCUT2D eigenvalue weighted by Gasteiger charge is 2.19. The number of ether oxygens (including phenoxy) is 1. The van der Waals surface area contributed by atoms with Crippen LogP contribution in [0.1, 0.15) is 21.1 Å². The van der Waals surface area contributed by atoms with E-state index >= 15 is 0 Å². The van der Waals surface area contributed by atoms with Crippen molar-refractivity contribution >= 4 is 40.6 Å². The fraction of sp³-hybridized carbons (Fsp3) is 0.308. The predicted octanol–water partition coefficient (Wildman–Crippen LogP) is 4.71. The van der Waals surface area contributed by atoms with Gasteiger partial charge in [-0.3, -0.25) is 14.3 Å². The number of carbonyl (C=O) groups is 1. The topological polar surface area (TPSA) is 85.2 Å². The van der Waals surface area contributed by atoms with Crippen molar-refractivity contribution < 1.29 is 9.53 Å². The minimum Gasteiger partial charge on any atom is -0.379 e. The summed E-state index contributed by atoms with van der Waals surface area (Å²) in [5.74, 6) is 1.10. The van der Waals surface area contributed by atoms with Gasteiger partial charge in [0.05, 0.1) is 24.0 Å². The fourth-order valence-corrected chi connectivity index (χ4v) is 5.92. The van der Waals surface area contributed by atoms with Crippen molar-refractivity contribution in [1.29, 1.82) is 0 Å². The minimum absolute atomic E-state index is 0.149. The van der Waals surface area contributed by atoms with Crippen LogP contribution in [0, 0.1) is 6.92 Å². The number of hydrogen-bond donors (Lipinski definition) is 1. The lowest BCUT2D eigenvalue weighted by molar-refractivity contribution is 0.0383. The molecule has 192 valence electrons. The first-order valence-corrected chi connectivity index (χ1v) is 14.3. The van der Waals surface area contributed by atoms with E-state index in [1.807, 2.05) is 41.0 Å². The second-order valence-electron chi connectivity index (χ2n) is 8.58. The zero-order valence-corrected chi connectivity index (χ0v) is 22.8. The van der Waals surface area contributed by atoms with Crippen molar-refractivity contribution in [2.45, 2.75) is 17.8 Å². The van der Waals surface area contributed by atoms with Crippen LogP contribution in [-0.2, 0) is 10.5 Å². The molecule has 1 amide bonds. The van der Waals surface area contributed by atoms with E-state index in [0.29, 0.717) is 28.8 Å². The number of morpholine rings is 1. The first-order chi connectivity index (χ1) is 18.1. The number of amides is 1. The molecule has 0 radical (unpaired) electrons. The van der Waals surface area contributed by atoms with E-state index in [-0.39, 0.29) is 5.91 Å². The summed E-state index contributed by atoms with van der Waals surface area (Å²) in [4.78, 5) is 19.4. The highest BCUT2D eigenvalue weighted by Crippen LogP contribution is 2.33. The zero-order chi connectivity index (χ0) is 25.6. The summed E-state index contributed by atoms with van der Waals surface area (Å²) in [5, 5.41) is 15.9. The van der Waals surface area contributed by atoms with Crippen LogP contribution in [0.15, 0.2) is 59.1 Å². The third kappa shape index (κ3) is 6.39. The quantitative estimate of drug-likeness (QED) is 0.300. The molecule has 5 rings (SSSR count). The number of thiazole rings is 1. The summed E-state index contributed by atoms with van der Waals surface area (Å²) < 4.78 is 7.38. The van der Waals surface area contributed by atoms with E-state index in [0.717, 1.165) is 54.3 Å². The highest BCUT2D eigenvalue weighted by molar-refractivity contribution is 7.98. The van der Waals surface area contributed by atoms with Crippen LogP contribution in [-0.4, -0.2) is 69.9 Å². The molecule has 1 aliphatic heterocycles. The summed E-state index contributed by atoms with van der Waals surface area (Å²) in [7, 11) is 0. The van der Waals surface area contributed by atoms with Crippen molar-refractivity contribution in [3.63, 3.8) is 0 Å². The van der Waals surface area contributed by atoms with Crippen LogP contribution >= 0.6 is 34.7 Å². The van der Waals surface area contributed by atoms with Crippen molar-refractivity contribution in [1.82, 2.24) is 30.0 Å². The molecule has 37 heavy (non-hydrogen) atoms. The number of hydrogen-bond acceptors (Lipinski definition) is 8. The van der Waals surface area contributed by atoms with Crippen molar-refractivity contribution in [3.05, 3.63) is 75.2 Å². The number of nitrogens with zero attached hydrogens (tertiary/aromatic N) is 5. The third-order valence-corrected chi connectivity index (χ3v) is 8.27. The van der Waals surface area contributed by atoms with Gasteiger partial charge in [0.15, 0.2) is 11.0 Å². The summed E-state index contributed by atoms with van der Waals surface area (Å²) in [5.41, 5.74) is 3.38. The lowest BCUT2D eigenvalue weighted by atomic mass is 10.2. The van der Waals surface area contributed by atoms with Crippen LogP contribution in [0.4, 0.5) is 0 Å². The molecular formula is C26H27ClN6O2S2. The first kappa shape index (κ1) is 25.9. The molecule has 0 spiro atoms. The average Bonchev–Trinajstić information content (AvgIpc) is 3.56. The molecule has 0 saturated carbocycles. The lowest BCUT2D eigenvalue weighted by Gasteiger charge is -2.26. The van der Waals surface area contributed by atoms with Gasteiger partial charge in [0.2, 0.25) is 0 Å². The lowest BCUT2D eigenvalue weighted by Crippen LogP contribution is -2.41. The number of rotatable bonds is 9. The van der Waals surface area contributed by atoms with Crippen molar-refractivity contribution in [2.24, 2.45) is 0 Å². The number of halogens is 1. The molecule has 0 unspecified atom stereocenters. The molecule has 3 heterocycles. The van der Waals surface area contributed by atoms with Crippen LogP contribution in [0.2, 0.25) is 5.02 Å². The van der Waals surface area contributed by atoms with Crippen LogP contribution in [0.5, 0.6) is 0 Å². The van der Waals surface area contributed by atoms with E-state index in [1.54, 1.807) is 5.38 Å². The van der Waals surface area contributed by atoms with Crippen molar-refractivity contribution in [2.75, 3.05) is 39.4 Å². The Labute approximate surface area is 229 Å². The van der Waals surface area contributed by atoms with E-state index < -0.39 is 0 Å². The standard InChI is InChI=1S/C26H27ClN6O2S2/c1-18-6-8-19(9-7-18)33-24(20-4-2-3-5-21(20)27)30-31-26(33)37-17-23-29-22(16-36-23)25(34)28-10-11-32-12-14-35-15-13-32/h2-9,16H,10-15,17H2,1H3,(H,28,34). The van der Waals surface area contributed by atoms with Gasteiger partial charge in [-0.15, -0.1) is 21.5 Å². The summed E-state index contributed by atoms with van der Waals surface area (Å²) in [6.45, 7) is 6.75. The van der Waals surface area contributed by atoms with Gasteiger partial charge in [-0.1, -0.05) is 53.2 Å². The Balaban J connectivity index is 1.27. The summed E-state index contributed by atoms with van der Waals surface area (Å²) >= 11 is 9.49. The Morgan fingerprint density at radius 2 is 1.92 bits per heavy atom. The molecule has 1 aliphatic rings. The highest BCUT2D eigenvalue weighted by atomic mass is 35.5. The van der Waals surface area contributed by atoms with E-state index in [1.165, 1.54) is 28.7 Å². The molecule has 1 fully saturated rings. The third-order valence-electron chi connectivity index (χ3n) is 5.97. The predicted molar refractivity (Wildman–Crippen MR) is 148 cm³/mol. The van der Waals surface area contributed by atoms with Gasteiger partial charge in [-0.05, 0) is 31.2 Å². The molecule has 2 aromatic heterocycles. The molecule has 1 saturated heterocycles. The normalized spacial score (nSPS) is 14.1. The van der Waals surface area contributed by atoms with Gasteiger partial charge in [-0.2, -0.15) is 0 Å². The van der Waals surface area contributed by atoms with E-state index in [9.17, 15) is 4.79 Å².